The van der Waals surface area contributed by atoms with Crippen molar-refractivity contribution in [3.63, 3.8) is 0 Å². The standard InChI is InChI=1S/C15H22OS/c1-10-5-6-12(13(16)9-10)15(3,4)14-11(2)7-8-17-14/h7-8,10,12H,5-6,9H2,1-4H3. The van der Waals surface area contributed by atoms with Crippen molar-refractivity contribution in [1.29, 1.82) is 0 Å². The average Bonchev–Trinajstić information content (AvgIpc) is 2.64. The molecule has 2 rings (SSSR count). The van der Waals surface area contributed by atoms with E-state index < -0.39 is 0 Å². The lowest BCUT2D eigenvalue weighted by atomic mass is 9.67. The molecule has 1 heterocycles. The zero-order valence-electron chi connectivity index (χ0n) is 11.2. The van der Waals surface area contributed by atoms with E-state index in [1.54, 1.807) is 11.3 Å². The van der Waals surface area contributed by atoms with E-state index in [1.165, 1.54) is 16.9 Å². The van der Waals surface area contributed by atoms with Crippen molar-refractivity contribution < 1.29 is 4.79 Å². The van der Waals surface area contributed by atoms with Crippen molar-refractivity contribution in [2.75, 3.05) is 0 Å². The summed E-state index contributed by atoms with van der Waals surface area (Å²) in [4.78, 5) is 13.7. The van der Waals surface area contributed by atoms with Crippen LogP contribution in [0, 0.1) is 18.8 Å². The second-order valence-electron chi connectivity index (χ2n) is 6.06. The van der Waals surface area contributed by atoms with Crippen LogP contribution in [-0.2, 0) is 10.2 Å². The van der Waals surface area contributed by atoms with Gasteiger partial charge in [0.05, 0.1) is 0 Å². The summed E-state index contributed by atoms with van der Waals surface area (Å²) in [6.45, 7) is 8.83. The average molecular weight is 250 g/mol. The number of ketones is 1. The molecule has 0 amide bonds. The Hall–Kier alpha value is -0.630. The van der Waals surface area contributed by atoms with E-state index in [4.69, 9.17) is 0 Å². The summed E-state index contributed by atoms with van der Waals surface area (Å²) in [7, 11) is 0. The zero-order valence-corrected chi connectivity index (χ0v) is 12.1. The quantitative estimate of drug-likeness (QED) is 0.763. The summed E-state index contributed by atoms with van der Waals surface area (Å²) < 4.78 is 0. The molecule has 1 aliphatic carbocycles. The van der Waals surface area contributed by atoms with Gasteiger partial charge in [-0.3, -0.25) is 4.79 Å². The molecule has 1 aromatic heterocycles. The van der Waals surface area contributed by atoms with Crippen molar-refractivity contribution in [3.05, 3.63) is 21.9 Å². The maximum absolute atomic E-state index is 12.3. The van der Waals surface area contributed by atoms with Crippen molar-refractivity contribution in [2.45, 2.75) is 52.4 Å². The van der Waals surface area contributed by atoms with Crippen LogP contribution < -0.4 is 0 Å². The molecule has 0 aliphatic heterocycles. The van der Waals surface area contributed by atoms with Gasteiger partial charge in [0.1, 0.15) is 5.78 Å². The van der Waals surface area contributed by atoms with Crippen LogP contribution >= 0.6 is 11.3 Å². The van der Waals surface area contributed by atoms with Gasteiger partial charge >= 0.3 is 0 Å². The Balaban J connectivity index is 2.27. The lowest BCUT2D eigenvalue weighted by molar-refractivity contribution is -0.127. The first-order valence-corrected chi connectivity index (χ1v) is 7.38. The molecular formula is C15H22OS. The minimum atomic E-state index is 0.00940. The third kappa shape index (κ3) is 2.33. The van der Waals surface area contributed by atoms with Crippen molar-refractivity contribution in [3.8, 4) is 0 Å². The van der Waals surface area contributed by atoms with Gasteiger partial charge in [-0.05, 0) is 42.7 Å². The highest BCUT2D eigenvalue weighted by molar-refractivity contribution is 7.10. The highest BCUT2D eigenvalue weighted by Crippen LogP contribution is 2.43. The van der Waals surface area contributed by atoms with Gasteiger partial charge in [0, 0.05) is 22.6 Å². The van der Waals surface area contributed by atoms with Crippen LogP contribution in [0.5, 0.6) is 0 Å². The van der Waals surface area contributed by atoms with E-state index in [1.807, 2.05) is 0 Å². The summed E-state index contributed by atoms with van der Waals surface area (Å²) >= 11 is 1.80. The van der Waals surface area contributed by atoms with Crippen LogP contribution in [0.25, 0.3) is 0 Å². The monoisotopic (exact) mass is 250 g/mol. The number of hydrogen-bond acceptors (Lipinski definition) is 2. The Morgan fingerprint density at radius 3 is 2.59 bits per heavy atom. The van der Waals surface area contributed by atoms with Crippen LogP contribution in [0.3, 0.4) is 0 Å². The predicted octanol–water partition coefficient (Wildman–Crippen LogP) is 4.34. The van der Waals surface area contributed by atoms with Crippen LogP contribution in [0.4, 0.5) is 0 Å². The van der Waals surface area contributed by atoms with E-state index >= 15 is 0 Å². The van der Waals surface area contributed by atoms with Crippen LogP contribution in [0.2, 0.25) is 0 Å². The van der Waals surface area contributed by atoms with E-state index in [0.29, 0.717) is 11.7 Å². The second kappa shape index (κ2) is 4.56. The largest absolute Gasteiger partial charge is 0.299 e. The first-order chi connectivity index (χ1) is 7.93. The lowest BCUT2D eigenvalue weighted by Crippen LogP contribution is -2.38. The molecule has 0 spiro atoms. The SMILES string of the molecule is Cc1ccsc1C(C)(C)C1CCC(C)CC1=O. The number of rotatable bonds is 2. The highest BCUT2D eigenvalue weighted by Gasteiger charge is 2.40. The van der Waals surface area contributed by atoms with Gasteiger partial charge in [-0.2, -0.15) is 0 Å². The molecule has 2 heteroatoms. The number of hydrogen-bond donors (Lipinski definition) is 0. The fourth-order valence-corrected chi connectivity index (χ4v) is 4.26. The maximum atomic E-state index is 12.3. The first kappa shape index (κ1) is 12.8. The lowest BCUT2D eigenvalue weighted by Gasteiger charge is -2.37. The van der Waals surface area contributed by atoms with Crippen molar-refractivity contribution in [2.24, 2.45) is 11.8 Å². The van der Waals surface area contributed by atoms with Gasteiger partial charge in [-0.15, -0.1) is 11.3 Å². The molecule has 2 atom stereocenters. The minimum absolute atomic E-state index is 0.00940. The number of aryl methyl sites for hydroxylation is 1. The van der Waals surface area contributed by atoms with Crippen molar-refractivity contribution in [1.82, 2.24) is 0 Å². The molecule has 2 unspecified atom stereocenters. The molecule has 1 fully saturated rings. The Morgan fingerprint density at radius 2 is 2.06 bits per heavy atom. The third-order valence-electron chi connectivity index (χ3n) is 4.20. The first-order valence-electron chi connectivity index (χ1n) is 6.50. The van der Waals surface area contributed by atoms with Gasteiger partial charge in [-0.25, -0.2) is 0 Å². The molecule has 1 aromatic rings. The smallest absolute Gasteiger partial charge is 0.137 e. The third-order valence-corrected chi connectivity index (χ3v) is 5.56. The zero-order chi connectivity index (χ0) is 12.6. The highest BCUT2D eigenvalue weighted by atomic mass is 32.1. The summed E-state index contributed by atoms with van der Waals surface area (Å²) in [5.74, 6) is 1.27. The molecule has 0 aromatic carbocycles. The van der Waals surface area contributed by atoms with Crippen molar-refractivity contribution >= 4 is 17.1 Å². The van der Waals surface area contributed by atoms with Gasteiger partial charge < -0.3 is 0 Å². The molecule has 1 saturated carbocycles. The Labute approximate surface area is 108 Å². The van der Waals surface area contributed by atoms with Gasteiger partial charge in [0.25, 0.3) is 0 Å². The molecule has 1 nitrogen and oxygen atoms in total. The van der Waals surface area contributed by atoms with E-state index in [2.05, 4.69) is 39.1 Å². The summed E-state index contributed by atoms with van der Waals surface area (Å²) in [6.07, 6.45) is 3.03. The van der Waals surface area contributed by atoms with Crippen LogP contribution in [-0.4, -0.2) is 5.78 Å². The summed E-state index contributed by atoms with van der Waals surface area (Å²) in [6, 6.07) is 2.16. The van der Waals surface area contributed by atoms with Gasteiger partial charge in [-0.1, -0.05) is 20.8 Å². The number of carbonyl (C=O) groups excluding carboxylic acids is 1. The molecule has 94 valence electrons. The topological polar surface area (TPSA) is 17.1 Å². The Kier molecular flexibility index (Phi) is 3.44. The molecule has 1 aliphatic rings. The van der Waals surface area contributed by atoms with Crippen LogP contribution in [0.15, 0.2) is 11.4 Å². The summed E-state index contributed by atoms with van der Waals surface area (Å²) in [5, 5.41) is 2.14. The molecule has 0 radical (unpaired) electrons. The number of Topliss-reactive ketones (excluding diaryl/α,β-unsaturated/α-hetero) is 1. The fourth-order valence-electron chi connectivity index (χ4n) is 3.15. The van der Waals surface area contributed by atoms with Gasteiger partial charge in [0.15, 0.2) is 0 Å². The number of thiophene rings is 1. The Bertz CT molecular complexity index is 416. The molecule has 0 saturated heterocycles. The van der Waals surface area contributed by atoms with Gasteiger partial charge in [0.2, 0.25) is 0 Å². The van der Waals surface area contributed by atoms with E-state index in [-0.39, 0.29) is 11.3 Å². The molecular weight excluding hydrogens is 228 g/mol. The normalized spacial score (nSPS) is 26.2. The van der Waals surface area contributed by atoms with E-state index in [0.717, 1.165) is 12.8 Å². The molecule has 17 heavy (non-hydrogen) atoms. The minimum Gasteiger partial charge on any atom is -0.299 e. The fraction of sp³-hybridized carbons (Fsp3) is 0.667. The predicted molar refractivity (Wildman–Crippen MR) is 73.6 cm³/mol. The summed E-state index contributed by atoms with van der Waals surface area (Å²) in [5.41, 5.74) is 1.35. The van der Waals surface area contributed by atoms with E-state index in [9.17, 15) is 4.79 Å². The Morgan fingerprint density at radius 1 is 1.35 bits per heavy atom. The molecule has 0 N–H and O–H groups in total. The second-order valence-corrected chi connectivity index (χ2v) is 6.98. The maximum Gasteiger partial charge on any atom is 0.137 e. The van der Waals surface area contributed by atoms with Crippen LogP contribution in [0.1, 0.15) is 50.5 Å². The molecule has 0 bridgehead atoms. The number of carbonyl (C=O) groups is 1.